The van der Waals surface area contributed by atoms with E-state index in [-0.39, 0.29) is 5.91 Å². The molecule has 1 aromatic rings. The van der Waals surface area contributed by atoms with E-state index in [1.54, 1.807) is 37.2 Å². The second kappa shape index (κ2) is 5.96. The van der Waals surface area contributed by atoms with Crippen LogP contribution in [0.4, 0.5) is 0 Å². The van der Waals surface area contributed by atoms with Gasteiger partial charge in [-0.3, -0.25) is 4.79 Å². The lowest BCUT2D eigenvalue weighted by Crippen LogP contribution is -2.30. The van der Waals surface area contributed by atoms with Gasteiger partial charge < -0.3 is 10.0 Å². The Hall–Kier alpha value is -0.940. The molecule has 1 unspecified atom stereocenters. The Morgan fingerprint density at radius 3 is 2.81 bits per heavy atom. The van der Waals surface area contributed by atoms with Gasteiger partial charge in [0.1, 0.15) is 5.69 Å². The highest BCUT2D eigenvalue weighted by Gasteiger charge is 2.13. The molecule has 0 aliphatic heterocycles. The Morgan fingerprint density at radius 2 is 2.31 bits per heavy atom. The van der Waals surface area contributed by atoms with E-state index in [0.717, 1.165) is 4.47 Å². The number of hydrogen-bond donors (Lipinski definition) is 1. The lowest BCUT2D eigenvalue weighted by molar-refractivity contribution is 0.0763. The van der Waals surface area contributed by atoms with Crippen LogP contribution in [0.3, 0.4) is 0 Å². The number of aromatic nitrogens is 1. The predicted octanol–water partition coefficient (Wildman–Crippen LogP) is 1.69. The molecule has 16 heavy (non-hydrogen) atoms. The summed E-state index contributed by atoms with van der Waals surface area (Å²) in [6, 6.07) is 3.45. The van der Waals surface area contributed by atoms with E-state index >= 15 is 0 Å². The molecule has 1 amide bonds. The number of carbonyl (C=O) groups excluding carboxylic acids is 1. The molecule has 88 valence electrons. The van der Waals surface area contributed by atoms with Gasteiger partial charge in [-0.15, -0.1) is 0 Å². The topological polar surface area (TPSA) is 53.4 Å². The molecule has 4 nitrogen and oxygen atoms in total. The Bertz CT molecular complexity index is 352. The smallest absolute Gasteiger partial charge is 0.272 e. The van der Waals surface area contributed by atoms with Crippen molar-refractivity contribution in [3.05, 3.63) is 28.5 Å². The van der Waals surface area contributed by atoms with Gasteiger partial charge in [-0.2, -0.15) is 0 Å². The van der Waals surface area contributed by atoms with Crippen molar-refractivity contribution in [2.45, 2.75) is 19.4 Å². The van der Waals surface area contributed by atoms with Crippen molar-refractivity contribution in [1.82, 2.24) is 9.88 Å². The van der Waals surface area contributed by atoms with Crippen LogP contribution in [0, 0.1) is 0 Å². The first-order valence-electron chi connectivity index (χ1n) is 5.06. The van der Waals surface area contributed by atoms with Crippen LogP contribution in [-0.2, 0) is 0 Å². The maximum absolute atomic E-state index is 11.8. The molecule has 0 aromatic carbocycles. The zero-order valence-corrected chi connectivity index (χ0v) is 10.9. The summed E-state index contributed by atoms with van der Waals surface area (Å²) in [5.74, 6) is -0.131. The minimum atomic E-state index is -0.395. The normalized spacial score (nSPS) is 12.2. The first-order valence-corrected chi connectivity index (χ1v) is 5.85. The van der Waals surface area contributed by atoms with E-state index < -0.39 is 6.10 Å². The van der Waals surface area contributed by atoms with Gasteiger partial charge in [-0.05, 0) is 41.4 Å². The number of pyridine rings is 1. The number of rotatable bonds is 4. The SMILES string of the molecule is CC(O)CCN(C)C(=O)c1ccc(Br)cn1. The zero-order valence-electron chi connectivity index (χ0n) is 9.35. The van der Waals surface area contributed by atoms with Gasteiger partial charge >= 0.3 is 0 Å². The van der Waals surface area contributed by atoms with Crippen molar-refractivity contribution in [1.29, 1.82) is 0 Å². The van der Waals surface area contributed by atoms with E-state index in [4.69, 9.17) is 5.11 Å². The molecule has 0 fully saturated rings. The fourth-order valence-corrected chi connectivity index (χ4v) is 1.41. The van der Waals surface area contributed by atoms with Crippen LogP contribution in [0.1, 0.15) is 23.8 Å². The first-order chi connectivity index (χ1) is 7.50. The Morgan fingerprint density at radius 1 is 1.62 bits per heavy atom. The molecule has 1 atom stereocenters. The number of halogens is 1. The van der Waals surface area contributed by atoms with E-state index in [1.165, 1.54) is 0 Å². The van der Waals surface area contributed by atoms with Crippen molar-refractivity contribution in [3.63, 3.8) is 0 Å². The van der Waals surface area contributed by atoms with Crippen molar-refractivity contribution >= 4 is 21.8 Å². The van der Waals surface area contributed by atoms with Gasteiger partial charge in [-0.25, -0.2) is 4.98 Å². The minimum Gasteiger partial charge on any atom is -0.393 e. The number of carbonyl (C=O) groups is 1. The number of amides is 1. The fourth-order valence-electron chi connectivity index (χ4n) is 1.18. The summed E-state index contributed by atoms with van der Waals surface area (Å²) in [7, 11) is 1.70. The highest BCUT2D eigenvalue weighted by atomic mass is 79.9. The molecule has 1 N–H and O–H groups in total. The van der Waals surface area contributed by atoms with Gasteiger partial charge in [0, 0.05) is 24.3 Å². The van der Waals surface area contributed by atoms with Crippen molar-refractivity contribution in [2.24, 2.45) is 0 Å². The third kappa shape index (κ3) is 3.90. The number of aliphatic hydroxyl groups excluding tert-OH is 1. The summed E-state index contributed by atoms with van der Waals surface area (Å²) in [6.45, 7) is 2.23. The zero-order chi connectivity index (χ0) is 12.1. The summed E-state index contributed by atoms with van der Waals surface area (Å²) in [5.41, 5.74) is 0.413. The average molecular weight is 287 g/mol. The van der Waals surface area contributed by atoms with Crippen LogP contribution in [-0.4, -0.2) is 40.6 Å². The highest BCUT2D eigenvalue weighted by Crippen LogP contribution is 2.09. The van der Waals surface area contributed by atoms with E-state index in [9.17, 15) is 4.79 Å². The van der Waals surface area contributed by atoms with Gasteiger partial charge in [0.2, 0.25) is 0 Å². The molecule has 0 radical (unpaired) electrons. The third-order valence-corrected chi connectivity index (χ3v) is 2.64. The molecule has 1 heterocycles. The van der Waals surface area contributed by atoms with Gasteiger partial charge in [0.15, 0.2) is 0 Å². The predicted molar refractivity (Wildman–Crippen MR) is 65.2 cm³/mol. The molecule has 0 aliphatic carbocycles. The molecule has 1 rings (SSSR count). The maximum atomic E-state index is 11.8. The summed E-state index contributed by atoms with van der Waals surface area (Å²) < 4.78 is 0.843. The lowest BCUT2D eigenvalue weighted by atomic mass is 10.2. The van der Waals surface area contributed by atoms with Gasteiger partial charge in [-0.1, -0.05) is 0 Å². The Labute approximate surface area is 103 Å². The average Bonchev–Trinajstić information content (AvgIpc) is 2.26. The standard InChI is InChI=1S/C11H15BrN2O2/c1-8(15)5-6-14(2)11(16)10-4-3-9(12)7-13-10/h3-4,7-8,15H,5-6H2,1-2H3. The highest BCUT2D eigenvalue weighted by molar-refractivity contribution is 9.10. The lowest BCUT2D eigenvalue weighted by Gasteiger charge is -2.17. The van der Waals surface area contributed by atoms with Gasteiger partial charge in [0.05, 0.1) is 6.10 Å². The summed E-state index contributed by atoms with van der Waals surface area (Å²) in [4.78, 5) is 17.4. The molecular formula is C11H15BrN2O2. The van der Waals surface area contributed by atoms with Crippen LogP contribution in [0.15, 0.2) is 22.8 Å². The summed E-state index contributed by atoms with van der Waals surface area (Å²) >= 11 is 3.26. The molecule has 0 saturated carbocycles. The molecular weight excluding hydrogens is 272 g/mol. The molecule has 0 aliphatic rings. The maximum Gasteiger partial charge on any atom is 0.272 e. The monoisotopic (exact) mass is 286 g/mol. The Balaban J connectivity index is 2.60. The number of aliphatic hydroxyl groups is 1. The van der Waals surface area contributed by atoms with Crippen LogP contribution in [0.5, 0.6) is 0 Å². The first kappa shape index (κ1) is 13.1. The van der Waals surface area contributed by atoms with Crippen molar-refractivity contribution < 1.29 is 9.90 Å². The molecule has 1 aromatic heterocycles. The van der Waals surface area contributed by atoms with Crippen LogP contribution < -0.4 is 0 Å². The second-order valence-corrected chi connectivity index (χ2v) is 4.64. The second-order valence-electron chi connectivity index (χ2n) is 3.73. The Kier molecular flexibility index (Phi) is 4.89. The third-order valence-electron chi connectivity index (χ3n) is 2.18. The molecule has 0 bridgehead atoms. The van der Waals surface area contributed by atoms with Crippen molar-refractivity contribution in [3.8, 4) is 0 Å². The molecule has 0 spiro atoms. The van der Waals surface area contributed by atoms with Crippen LogP contribution >= 0.6 is 15.9 Å². The fraction of sp³-hybridized carbons (Fsp3) is 0.455. The van der Waals surface area contributed by atoms with Crippen molar-refractivity contribution in [2.75, 3.05) is 13.6 Å². The van der Waals surface area contributed by atoms with E-state index in [1.807, 2.05) is 0 Å². The molecule has 0 saturated heterocycles. The summed E-state index contributed by atoms with van der Waals surface area (Å²) in [5, 5.41) is 9.13. The van der Waals surface area contributed by atoms with E-state index in [2.05, 4.69) is 20.9 Å². The quantitative estimate of drug-likeness (QED) is 0.916. The largest absolute Gasteiger partial charge is 0.393 e. The molecule has 5 heteroatoms. The van der Waals surface area contributed by atoms with Crippen LogP contribution in [0.25, 0.3) is 0 Å². The van der Waals surface area contributed by atoms with Gasteiger partial charge in [0.25, 0.3) is 5.91 Å². The number of nitrogens with zero attached hydrogens (tertiary/aromatic N) is 2. The number of hydrogen-bond acceptors (Lipinski definition) is 3. The van der Waals surface area contributed by atoms with Crippen LogP contribution in [0.2, 0.25) is 0 Å². The minimum absolute atomic E-state index is 0.131. The van der Waals surface area contributed by atoms with E-state index in [0.29, 0.717) is 18.7 Å². The summed E-state index contributed by atoms with van der Waals surface area (Å²) in [6.07, 6.45) is 1.77.